The van der Waals surface area contributed by atoms with Crippen molar-refractivity contribution in [2.75, 3.05) is 13.2 Å². The molecule has 0 aliphatic heterocycles. The fourth-order valence-corrected chi connectivity index (χ4v) is 6.73. The summed E-state index contributed by atoms with van der Waals surface area (Å²) in [5.41, 5.74) is 3.51. The Morgan fingerprint density at radius 1 is 0.553 bits per heavy atom. The molecule has 0 saturated heterocycles. The van der Waals surface area contributed by atoms with Crippen LogP contribution in [0.1, 0.15) is 198 Å². The van der Waals surface area contributed by atoms with Crippen molar-refractivity contribution in [2.45, 2.75) is 208 Å². The van der Waals surface area contributed by atoms with Gasteiger partial charge >= 0.3 is 5.97 Å². The Balaban J connectivity index is 2.33. The molecule has 0 spiro atoms. The van der Waals surface area contributed by atoms with Crippen molar-refractivity contribution in [1.29, 1.82) is 0 Å². The maximum atomic E-state index is 13.4. The Morgan fingerprint density at radius 3 is 1.23 bits per heavy atom. The van der Waals surface area contributed by atoms with E-state index in [1.165, 1.54) is 153 Å². The van der Waals surface area contributed by atoms with Gasteiger partial charge in [-0.2, -0.15) is 4.57 Å². The molecular formula is C43H78NO3+. The Labute approximate surface area is 292 Å². The van der Waals surface area contributed by atoms with Crippen molar-refractivity contribution < 1.29 is 18.8 Å². The Kier molecular flexibility index (Phi) is 27.8. The number of nitrogens with zero attached hydrogens (tertiary/aromatic N) is 1. The smallest absolute Gasteiger partial charge is 0.323 e. The van der Waals surface area contributed by atoms with Gasteiger partial charge in [0.25, 0.3) is 0 Å². The second kappa shape index (κ2) is 30.2. The van der Waals surface area contributed by atoms with Gasteiger partial charge in [-0.25, -0.2) is 0 Å². The molecule has 1 unspecified atom stereocenters. The van der Waals surface area contributed by atoms with Crippen molar-refractivity contribution >= 4 is 5.97 Å². The standard InChI is InChI=1S/C43H78NO3/c1-7-9-11-13-15-17-19-21-23-25-27-29-31-33-46-41(6)42(37-44-39(4)35-38(3)36-40(44)5)43(45)47-34-32-30-28-26-24-22-20-18-16-14-12-10-8-2/h35-36,42H,6-34,37H2,1-5H3/q+1. The fraction of sp³-hybridized carbons (Fsp3) is 0.814. The van der Waals surface area contributed by atoms with Crippen LogP contribution in [0.2, 0.25) is 0 Å². The minimum atomic E-state index is -0.496. The third-order valence-corrected chi connectivity index (χ3v) is 9.79. The number of aromatic nitrogens is 1. The Hall–Kier alpha value is -1.84. The van der Waals surface area contributed by atoms with Gasteiger partial charge in [0, 0.05) is 26.0 Å². The van der Waals surface area contributed by atoms with E-state index < -0.39 is 5.92 Å². The lowest BCUT2D eigenvalue weighted by Gasteiger charge is -2.18. The first kappa shape index (κ1) is 43.2. The average Bonchev–Trinajstić information content (AvgIpc) is 3.04. The molecule has 1 aromatic rings. The highest BCUT2D eigenvalue weighted by atomic mass is 16.5. The summed E-state index contributed by atoms with van der Waals surface area (Å²) in [5, 5.41) is 0. The molecule has 47 heavy (non-hydrogen) atoms. The molecule has 1 rings (SSSR count). The first-order chi connectivity index (χ1) is 22.9. The number of ether oxygens (including phenoxy) is 2. The second-order valence-corrected chi connectivity index (χ2v) is 14.4. The molecule has 0 amide bonds. The van der Waals surface area contributed by atoms with Crippen LogP contribution in [0.3, 0.4) is 0 Å². The first-order valence-corrected chi connectivity index (χ1v) is 20.4. The van der Waals surface area contributed by atoms with Gasteiger partial charge in [-0.15, -0.1) is 0 Å². The van der Waals surface area contributed by atoms with Gasteiger partial charge in [0.15, 0.2) is 23.9 Å². The lowest BCUT2D eigenvalue weighted by atomic mass is 10.0. The van der Waals surface area contributed by atoms with Crippen LogP contribution in [0.15, 0.2) is 24.5 Å². The SMILES string of the molecule is C=C(OCCCCCCCCCCCCCCC)C(C[n+]1c(C)cc(C)cc1C)C(=O)OCCCCCCCCCCCCCCC. The molecule has 0 aromatic carbocycles. The van der Waals surface area contributed by atoms with Gasteiger partial charge in [-0.1, -0.05) is 175 Å². The maximum Gasteiger partial charge on any atom is 0.323 e. The number of unbranched alkanes of at least 4 members (excludes halogenated alkanes) is 24. The summed E-state index contributed by atoms with van der Waals surface area (Å²) >= 11 is 0. The number of carbonyl (C=O) groups is 1. The van der Waals surface area contributed by atoms with Crippen molar-refractivity contribution in [2.24, 2.45) is 5.92 Å². The van der Waals surface area contributed by atoms with Crippen LogP contribution < -0.4 is 4.57 Å². The first-order valence-electron chi connectivity index (χ1n) is 20.4. The summed E-state index contributed by atoms with van der Waals surface area (Å²) < 4.78 is 14.1. The number of hydrogen-bond acceptors (Lipinski definition) is 3. The number of aryl methyl sites for hydroxylation is 3. The van der Waals surface area contributed by atoms with Gasteiger partial charge < -0.3 is 9.47 Å². The monoisotopic (exact) mass is 657 g/mol. The van der Waals surface area contributed by atoms with E-state index in [9.17, 15) is 4.79 Å². The summed E-state index contributed by atoms with van der Waals surface area (Å²) in [6.45, 7) is 16.7. The summed E-state index contributed by atoms with van der Waals surface area (Å²) in [6, 6.07) is 4.33. The summed E-state index contributed by atoms with van der Waals surface area (Å²) in [4.78, 5) is 13.4. The van der Waals surface area contributed by atoms with Crippen molar-refractivity contribution in [3.8, 4) is 0 Å². The zero-order valence-electron chi connectivity index (χ0n) is 32.1. The topological polar surface area (TPSA) is 39.4 Å². The van der Waals surface area contributed by atoms with Crippen LogP contribution in [0, 0.1) is 26.7 Å². The third kappa shape index (κ3) is 23.2. The number of esters is 1. The zero-order valence-corrected chi connectivity index (χ0v) is 32.1. The van der Waals surface area contributed by atoms with E-state index in [-0.39, 0.29) is 5.97 Å². The summed E-state index contributed by atoms with van der Waals surface area (Å²) in [7, 11) is 0. The van der Waals surface area contributed by atoms with Gasteiger partial charge in [0.05, 0.1) is 13.2 Å². The highest BCUT2D eigenvalue weighted by Crippen LogP contribution is 2.18. The molecule has 1 heterocycles. The largest absolute Gasteiger partial charge is 0.497 e. The lowest BCUT2D eigenvalue weighted by Crippen LogP contribution is -2.46. The summed E-state index contributed by atoms with van der Waals surface area (Å²) in [5.74, 6) is -0.151. The van der Waals surface area contributed by atoms with Crippen LogP contribution in [0.5, 0.6) is 0 Å². The summed E-state index contributed by atoms with van der Waals surface area (Å²) in [6.07, 6.45) is 34.2. The molecule has 0 radical (unpaired) electrons. The molecule has 0 bridgehead atoms. The molecule has 0 aliphatic rings. The van der Waals surface area contributed by atoms with Crippen LogP contribution in [0.25, 0.3) is 0 Å². The molecule has 1 aromatic heterocycles. The second-order valence-electron chi connectivity index (χ2n) is 14.4. The normalized spacial score (nSPS) is 11.9. The van der Waals surface area contributed by atoms with Gasteiger partial charge in [0.1, 0.15) is 5.76 Å². The molecule has 0 saturated carbocycles. The number of pyridine rings is 1. The molecule has 4 nitrogen and oxygen atoms in total. The highest BCUT2D eigenvalue weighted by molar-refractivity contribution is 5.74. The van der Waals surface area contributed by atoms with Crippen molar-refractivity contribution in [3.05, 3.63) is 41.4 Å². The maximum absolute atomic E-state index is 13.4. The molecule has 0 aliphatic carbocycles. The van der Waals surface area contributed by atoms with Crippen molar-refractivity contribution in [3.63, 3.8) is 0 Å². The van der Waals surface area contributed by atoms with Gasteiger partial charge in [-0.05, 0) is 25.3 Å². The number of rotatable bonds is 33. The minimum absolute atomic E-state index is 0.203. The predicted octanol–water partition coefficient (Wildman–Crippen LogP) is 12.8. The molecular weight excluding hydrogens is 578 g/mol. The fourth-order valence-electron chi connectivity index (χ4n) is 6.73. The number of carbonyl (C=O) groups excluding carboxylic acids is 1. The average molecular weight is 657 g/mol. The predicted molar refractivity (Wildman–Crippen MR) is 202 cm³/mol. The minimum Gasteiger partial charge on any atom is -0.497 e. The highest BCUT2D eigenvalue weighted by Gasteiger charge is 2.31. The van der Waals surface area contributed by atoms with Crippen LogP contribution >= 0.6 is 0 Å². The van der Waals surface area contributed by atoms with E-state index >= 15 is 0 Å². The van der Waals surface area contributed by atoms with E-state index in [0.29, 0.717) is 25.5 Å². The van der Waals surface area contributed by atoms with E-state index in [0.717, 1.165) is 30.7 Å². The van der Waals surface area contributed by atoms with Crippen molar-refractivity contribution in [1.82, 2.24) is 0 Å². The van der Waals surface area contributed by atoms with Gasteiger partial charge in [0.2, 0.25) is 0 Å². The Morgan fingerprint density at radius 2 is 0.872 bits per heavy atom. The van der Waals surface area contributed by atoms with Crippen LogP contribution in [0.4, 0.5) is 0 Å². The molecule has 4 heteroatoms. The van der Waals surface area contributed by atoms with E-state index in [4.69, 9.17) is 9.47 Å². The van der Waals surface area contributed by atoms with Crippen LogP contribution in [-0.2, 0) is 20.8 Å². The quantitative estimate of drug-likeness (QED) is 0.0327. The Bertz CT molecular complexity index is 843. The number of hydrogen-bond donors (Lipinski definition) is 0. The molecule has 272 valence electrons. The molecule has 0 fully saturated rings. The van der Waals surface area contributed by atoms with E-state index in [2.05, 4.69) is 57.9 Å². The zero-order chi connectivity index (χ0) is 34.4. The van der Waals surface area contributed by atoms with Gasteiger partial charge in [-0.3, -0.25) is 4.79 Å². The van der Waals surface area contributed by atoms with E-state index in [1.54, 1.807) is 0 Å². The van der Waals surface area contributed by atoms with Crippen LogP contribution in [-0.4, -0.2) is 19.2 Å². The molecule has 1 atom stereocenters. The lowest BCUT2D eigenvalue weighted by molar-refractivity contribution is -0.712. The molecule has 0 N–H and O–H groups in total. The van der Waals surface area contributed by atoms with E-state index in [1.807, 2.05) is 0 Å². The third-order valence-electron chi connectivity index (χ3n) is 9.79.